The standard InChI is InChI=1S/C32H53ClO2/c1-20(2)9-8-10-22(5)26-13-14-27-25-12-11-23-19-24(35-30(34)29(33)21(3)4)15-17-31(23,6)28(25)16-18-32(26,27)7/h11,20-22,24-29H,8-10,12-19H2,1-7H3/t22-,24-,25+,26-,27+,28+,29+,31+,32-/m1/s1. The van der Waals surface area contributed by atoms with Gasteiger partial charge in [0.25, 0.3) is 0 Å². The van der Waals surface area contributed by atoms with E-state index < -0.39 is 5.38 Å². The fourth-order valence-corrected chi connectivity index (χ4v) is 9.31. The number of allylic oxidation sites excluding steroid dienone is 1. The Kier molecular flexibility index (Phi) is 8.42. The molecule has 3 fully saturated rings. The summed E-state index contributed by atoms with van der Waals surface area (Å²) in [5.74, 6) is 5.05. The summed E-state index contributed by atoms with van der Waals surface area (Å²) < 4.78 is 5.91. The van der Waals surface area contributed by atoms with Gasteiger partial charge in [0, 0.05) is 6.42 Å². The molecular weight excluding hydrogens is 452 g/mol. The van der Waals surface area contributed by atoms with Crippen LogP contribution >= 0.6 is 11.6 Å². The number of carbonyl (C=O) groups excluding carboxylic acids is 1. The number of esters is 1. The van der Waals surface area contributed by atoms with Crippen LogP contribution in [0.5, 0.6) is 0 Å². The first kappa shape index (κ1) is 27.5. The maximum absolute atomic E-state index is 12.5. The Morgan fingerprint density at radius 3 is 2.46 bits per heavy atom. The number of hydrogen-bond acceptors (Lipinski definition) is 2. The van der Waals surface area contributed by atoms with Crippen molar-refractivity contribution in [2.75, 3.05) is 0 Å². The van der Waals surface area contributed by atoms with Gasteiger partial charge in [-0.3, -0.25) is 4.79 Å². The number of hydrogen-bond donors (Lipinski definition) is 0. The van der Waals surface area contributed by atoms with E-state index in [1.165, 1.54) is 51.4 Å². The molecule has 0 aromatic rings. The third-order valence-electron chi connectivity index (χ3n) is 11.4. The van der Waals surface area contributed by atoms with Crippen molar-refractivity contribution in [2.45, 2.75) is 131 Å². The minimum absolute atomic E-state index is 0.00906. The lowest BCUT2D eigenvalue weighted by Gasteiger charge is -2.58. The van der Waals surface area contributed by atoms with Gasteiger partial charge in [-0.2, -0.15) is 0 Å². The molecule has 0 saturated heterocycles. The summed E-state index contributed by atoms with van der Waals surface area (Å²) in [5, 5.41) is -0.535. The fourth-order valence-electron chi connectivity index (χ4n) is 9.25. The van der Waals surface area contributed by atoms with Crippen LogP contribution in [0.4, 0.5) is 0 Å². The second-order valence-corrected chi connectivity index (χ2v) is 14.7. The molecule has 0 aromatic heterocycles. The molecule has 4 aliphatic carbocycles. The highest BCUT2D eigenvalue weighted by molar-refractivity contribution is 6.30. The van der Waals surface area contributed by atoms with Crippen LogP contribution < -0.4 is 0 Å². The summed E-state index contributed by atoms with van der Waals surface area (Å²) in [7, 11) is 0. The fraction of sp³-hybridized carbons (Fsp3) is 0.906. The van der Waals surface area contributed by atoms with Gasteiger partial charge in [-0.25, -0.2) is 0 Å². The van der Waals surface area contributed by atoms with E-state index in [9.17, 15) is 4.79 Å². The topological polar surface area (TPSA) is 26.3 Å². The number of rotatable bonds is 8. The molecule has 200 valence electrons. The first-order chi connectivity index (χ1) is 16.5. The minimum atomic E-state index is -0.535. The predicted molar refractivity (Wildman–Crippen MR) is 147 cm³/mol. The zero-order chi connectivity index (χ0) is 25.5. The Balaban J connectivity index is 1.43. The number of halogens is 1. The van der Waals surface area contributed by atoms with Crippen molar-refractivity contribution in [3.63, 3.8) is 0 Å². The van der Waals surface area contributed by atoms with Gasteiger partial charge in [0.1, 0.15) is 11.5 Å². The average molecular weight is 505 g/mol. The summed E-state index contributed by atoms with van der Waals surface area (Å²) in [6, 6.07) is 0. The van der Waals surface area contributed by atoms with Crippen molar-refractivity contribution < 1.29 is 9.53 Å². The van der Waals surface area contributed by atoms with Crippen LogP contribution in [-0.2, 0) is 9.53 Å². The van der Waals surface area contributed by atoms with Crippen LogP contribution in [0.25, 0.3) is 0 Å². The van der Waals surface area contributed by atoms with E-state index >= 15 is 0 Å². The number of fused-ring (bicyclic) bond motifs is 5. The Labute approximate surface area is 221 Å². The van der Waals surface area contributed by atoms with Gasteiger partial charge < -0.3 is 4.74 Å². The first-order valence-corrected chi connectivity index (χ1v) is 15.4. The highest BCUT2D eigenvalue weighted by Gasteiger charge is 2.59. The van der Waals surface area contributed by atoms with Crippen molar-refractivity contribution >= 4 is 17.6 Å². The molecule has 4 aliphatic rings. The molecule has 0 amide bonds. The molecule has 0 aromatic carbocycles. The van der Waals surface area contributed by atoms with Crippen LogP contribution in [0.2, 0.25) is 0 Å². The maximum atomic E-state index is 12.5. The van der Waals surface area contributed by atoms with Gasteiger partial charge in [0.05, 0.1) is 0 Å². The lowest BCUT2D eigenvalue weighted by Crippen LogP contribution is -2.51. The molecule has 3 saturated carbocycles. The molecule has 4 rings (SSSR count). The molecule has 3 heteroatoms. The Bertz CT molecular complexity index is 786. The van der Waals surface area contributed by atoms with E-state index in [4.69, 9.17) is 16.3 Å². The highest BCUT2D eigenvalue weighted by atomic mass is 35.5. The Morgan fingerprint density at radius 2 is 1.77 bits per heavy atom. The summed E-state index contributed by atoms with van der Waals surface area (Å²) >= 11 is 6.29. The number of ether oxygens (including phenoxy) is 1. The van der Waals surface area contributed by atoms with Gasteiger partial charge in [-0.1, -0.05) is 79.4 Å². The molecule has 35 heavy (non-hydrogen) atoms. The molecule has 9 atom stereocenters. The van der Waals surface area contributed by atoms with Crippen LogP contribution in [0.3, 0.4) is 0 Å². The lowest BCUT2D eigenvalue weighted by atomic mass is 9.47. The van der Waals surface area contributed by atoms with Gasteiger partial charge in [0.15, 0.2) is 0 Å². The lowest BCUT2D eigenvalue weighted by molar-refractivity contribution is -0.151. The largest absolute Gasteiger partial charge is 0.461 e. The predicted octanol–water partition coefficient (Wildman–Crippen LogP) is 9.20. The zero-order valence-electron chi connectivity index (χ0n) is 23.7. The Morgan fingerprint density at radius 1 is 1.03 bits per heavy atom. The molecule has 0 unspecified atom stereocenters. The summed E-state index contributed by atoms with van der Waals surface area (Å²) in [5.41, 5.74) is 2.42. The molecular formula is C32H53ClO2. The quantitative estimate of drug-likeness (QED) is 0.187. The van der Waals surface area contributed by atoms with Crippen LogP contribution in [0.1, 0.15) is 119 Å². The average Bonchev–Trinajstić information content (AvgIpc) is 3.15. The van der Waals surface area contributed by atoms with E-state index in [1.54, 1.807) is 5.57 Å². The molecule has 0 spiro atoms. The monoisotopic (exact) mass is 504 g/mol. The number of carbonyl (C=O) groups is 1. The normalized spacial score (nSPS) is 40.5. The smallest absolute Gasteiger partial charge is 0.324 e. The summed E-state index contributed by atoms with van der Waals surface area (Å²) in [6.45, 7) is 16.5. The van der Waals surface area contributed by atoms with Gasteiger partial charge in [-0.05, 0) is 97.2 Å². The molecule has 0 radical (unpaired) electrons. The first-order valence-electron chi connectivity index (χ1n) is 15.0. The van der Waals surface area contributed by atoms with Crippen LogP contribution in [0, 0.1) is 52.3 Å². The van der Waals surface area contributed by atoms with E-state index in [-0.39, 0.29) is 18.0 Å². The van der Waals surface area contributed by atoms with E-state index in [1.807, 2.05) is 13.8 Å². The maximum Gasteiger partial charge on any atom is 0.324 e. The van der Waals surface area contributed by atoms with E-state index in [2.05, 4.69) is 40.7 Å². The van der Waals surface area contributed by atoms with Gasteiger partial charge >= 0.3 is 5.97 Å². The highest BCUT2D eigenvalue weighted by Crippen LogP contribution is 2.67. The van der Waals surface area contributed by atoms with Gasteiger partial charge in [-0.15, -0.1) is 11.6 Å². The molecule has 0 N–H and O–H groups in total. The van der Waals surface area contributed by atoms with Crippen molar-refractivity contribution in [1.29, 1.82) is 0 Å². The summed E-state index contributed by atoms with van der Waals surface area (Å²) in [6.07, 6.45) is 16.8. The molecule has 2 nitrogen and oxygen atoms in total. The third-order valence-corrected chi connectivity index (χ3v) is 12.0. The third kappa shape index (κ3) is 5.26. The second-order valence-electron chi connectivity index (χ2n) is 14.2. The SMILES string of the molecule is CC(C)CCC[C@@H](C)[C@H]1CC[C@H]2[C@@H]3CC=C4C[C@H](OC(=O)[C@@H](Cl)C(C)C)CC[C@]4(C)[C@H]3CC[C@]12C. The van der Waals surface area contributed by atoms with Crippen molar-refractivity contribution in [3.05, 3.63) is 11.6 Å². The van der Waals surface area contributed by atoms with Crippen molar-refractivity contribution in [2.24, 2.45) is 52.3 Å². The van der Waals surface area contributed by atoms with E-state index in [0.29, 0.717) is 10.8 Å². The molecule has 0 bridgehead atoms. The van der Waals surface area contributed by atoms with E-state index in [0.717, 1.165) is 54.8 Å². The van der Waals surface area contributed by atoms with Gasteiger partial charge in [0.2, 0.25) is 0 Å². The number of alkyl halides is 1. The second kappa shape index (κ2) is 10.7. The Hall–Kier alpha value is -0.500. The van der Waals surface area contributed by atoms with Crippen molar-refractivity contribution in [3.8, 4) is 0 Å². The molecule has 0 aliphatic heterocycles. The van der Waals surface area contributed by atoms with Crippen LogP contribution in [0.15, 0.2) is 11.6 Å². The van der Waals surface area contributed by atoms with Crippen LogP contribution in [-0.4, -0.2) is 17.5 Å². The summed E-state index contributed by atoms with van der Waals surface area (Å²) in [4.78, 5) is 12.5. The zero-order valence-corrected chi connectivity index (χ0v) is 24.5. The molecule has 0 heterocycles. The van der Waals surface area contributed by atoms with Crippen molar-refractivity contribution in [1.82, 2.24) is 0 Å². The minimum Gasteiger partial charge on any atom is -0.461 e.